The maximum Gasteiger partial charge on any atom is 0.264 e. The van der Waals surface area contributed by atoms with Crippen molar-refractivity contribution in [2.24, 2.45) is 0 Å². The Morgan fingerprint density at radius 2 is 1.83 bits per heavy atom. The molecule has 3 aromatic rings. The van der Waals surface area contributed by atoms with Crippen LogP contribution in [0.25, 0.3) is 11.0 Å². The molecule has 0 radical (unpaired) electrons. The molecule has 0 amide bonds. The van der Waals surface area contributed by atoms with E-state index in [1.807, 2.05) is 0 Å². The maximum absolute atomic E-state index is 12.6. The van der Waals surface area contributed by atoms with E-state index in [4.69, 9.17) is 9.47 Å². The number of benzene rings is 2. The normalized spacial score (nSPS) is 13.9. The number of hydrogen-bond acceptors (Lipinski definition) is 7. The van der Waals surface area contributed by atoms with E-state index in [1.54, 1.807) is 30.3 Å². The van der Waals surface area contributed by atoms with Gasteiger partial charge in [0.1, 0.15) is 23.6 Å². The van der Waals surface area contributed by atoms with Gasteiger partial charge in [-0.15, -0.1) is 0 Å². The summed E-state index contributed by atoms with van der Waals surface area (Å²) in [6.45, 7) is 0.895. The monoisotopic (exact) mass is 333 g/mol. The molecule has 1 aromatic heterocycles. The van der Waals surface area contributed by atoms with Gasteiger partial charge in [-0.1, -0.05) is 6.07 Å². The van der Waals surface area contributed by atoms with E-state index in [1.165, 1.54) is 6.07 Å². The van der Waals surface area contributed by atoms with E-state index in [-0.39, 0.29) is 10.4 Å². The van der Waals surface area contributed by atoms with Crippen molar-refractivity contribution in [2.75, 3.05) is 17.9 Å². The quantitative estimate of drug-likeness (QED) is 0.779. The van der Waals surface area contributed by atoms with E-state index < -0.39 is 10.0 Å². The zero-order chi connectivity index (χ0) is 15.9. The smallest absolute Gasteiger partial charge is 0.264 e. The highest BCUT2D eigenvalue weighted by Gasteiger charge is 2.21. The molecular formula is C14H11N3O5S. The van der Waals surface area contributed by atoms with Crippen LogP contribution in [0.1, 0.15) is 0 Å². The number of anilines is 1. The molecule has 2 heterocycles. The van der Waals surface area contributed by atoms with Crippen molar-refractivity contribution in [3.05, 3.63) is 36.4 Å². The summed E-state index contributed by atoms with van der Waals surface area (Å²) in [7, 11) is -3.85. The van der Waals surface area contributed by atoms with Gasteiger partial charge in [0.25, 0.3) is 10.0 Å². The first-order chi connectivity index (χ1) is 11.1. The zero-order valence-electron chi connectivity index (χ0n) is 11.7. The molecule has 4 rings (SSSR count). The molecule has 1 aliphatic rings. The van der Waals surface area contributed by atoms with E-state index in [0.29, 0.717) is 35.9 Å². The molecule has 0 spiro atoms. The minimum Gasteiger partial charge on any atom is -0.486 e. The van der Waals surface area contributed by atoms with E-state index in [9.17, 15) is 8.42 Å². The van der Waals surface area contributed by atoms with E-state index >= 15 is 0 Å². The first-order valence-corrected chi connectivity index (χ1v) is 8.25. The molecule has 2 aromatic carbocycles. The molecule has 1 aliphatic heterocycles. The third-order valence-electron chi connectivity index (χ3n) is 3.33. The van der Waals surface area contributed by atoms with Crippen LogP contribution in [0.2, 0.25) is 0 Å². The number of ether oxygens (including phenoxy) is 2. The Morgan fingerprint density at radius 1 is 1.00 bits per heavy atom. The molecule has 0 fully saturated rings. The Morgan fingerprint density at radius 3 is 2.70 bits per heavy atom. The number of sulfonamides is 1. The zero-order valence-corrected chi connectivity index (χ0v) is 12.5. The third-order valence-corrected chi connectivity index (χ3v) is 4.75. The van der Waals surface area contributed by atoms with Crippen LogP contribution in [-0.2, 0) is 10.0 Å². The van der Waals surface area contributed by atoms with Gasteiger partial charge in [0.05, 0.1) is 5.69 Å². The van der Waals surface area contributed by atoms with Crippen molar-refractivity contribution in [3.63, 3.8) is 0 Å². The number of rotatable bonds is 3. The molecule has 0 aliphatic carbocycles. The third kappa shape index (κ3) is 2.44. The van der Waals surface area contributed by atoms with E-state index in [0.717, 1.165) is 0 Å². The predicted molar refractivity (Wildman–Crippen MR) is 80.0 cm³/mol. The van der Waals surface area contributed by atoms with Crippen LogP contribution in [0.5, 0.6) is 11.5 Å². The molecule has 0 atom stereocenters. The van der Waals surface area contributed by atoms with Crippen LogP contribution < -0.4 is 14.2 Å². The minimum absolute atomic E-state index is 0.00820. The van der Waals surface area contributed by atoms with Crippen molar-refractivity contribution in [3.8, 4) is 11.5 Å². The molecule has 9 heteroatoms. The highest BCUT2D eigenvalue weighted by molar-refractivity contribution is 7.93. The molecule has 0 bridgehead atoms. The maximum atomic E-state index is 12.6. The second-order valence-corrected chi connectivity index (χ2v) is 6.50. The van der Waals surface area contributed by atoms with Crippen LogP contribution in [0, 0.1) is 0 Å². The summed E-state index contributed by atoms with van der Waals surface area (Å²) < 4.78 is 43.1. The predicted octanol–water partition coefficient (Wildman–Crippen LogP) is 1.79. The highest BCUT2D eigenvalue weighted by atomic mass is 32.2. The molecule has 0 saturated carbocycles. The van der Waals surface area contributed by atoms with Gasteiger partial charge in [0.2, 0.25) is 0 Å². The van der Waals surface area contributed by atoms with Crippen LogP contribution >= 0.6 is 0 Å². The fourth-order valence-electron chi connectivity index (χ4n) is 2.32. The van der Waals surface area contributed by atoms with Gasteiger partial charge in [-0.25, -0.2) is 13.0 Å². The van der Waals surface area contributed by atoms with Gasteiger partial charge in [0, 0.05) is 6.07 Å². The summed E-state index contributed by atoms with van der Waals surface area (Å²) in [5, 5.41) is 7.29. The Hall–Kier alpha value is -2.81. The summed E-state index contributed by atoms with van der Waals surface area (Å²) in [4.78, 5) is -0.00820. The molecule has 0 unspecified atom stereocenters. The number of nitrogens with one attached hydrogen (secondary N) is 1. The average Bonchev–Trinajstić information content (AvgIpc) is 3.02. The lowest BCUT2D eigenvalue weighted by atomic mass is 10.3. The largest absolute Gasteiger partial charge is 0.486 e. The lowest BCUT2D eigenvalue weighted by Gasteiger charge is -2.19. The van der Waals surface area contributed by atoms with Gasteiger partial charge in [-0.05, 0) is 34.6 Å². The number of aromatic nitrogens is 2. The fourth-order valence-corrected chi connectivity index (χ4v) is 3.52. The van der Waals surface area contributed by atoms with Gasteiger partial charge < -0.3 is 9.47 Å². The number of nitrogens with zero attached hydrogens (tertiary/aromatic N) is 2. The summed E-state index contributed by atoms with van der Waals surface area (Å²) in [6.07, 6.45) is 0. The Kier molecular flexibility index (Phi) is 3.08. The van der Waals surface area contributed by atoms with Crippen LogP contribution in [-0.4, -0.2) is 31.9 Å². The molecule has 23 heavy (non-hydrogen) atoms. The second kappa shape index (κ2) is 5.13. The van der Waals surface area contributed by atoms with E-state index in [2.05, 4.69) is 19.7 Å². The molecule has 0 saturated heterocycles. The van der Waals surface area contributed by atoms with Gasteiger partial charge in [-0.2, -0.15) is 0 Å². The first kappa shape index (κ1) is 13.8. The summed E-state index contributed by atoms with van der Waals surface area (Å²) >= 11 is 0. The molecule has 8 nitrogen and oxygen atoms in total. The van der Waals surface area contributed by atoms with Crippen molar-refractivity contribution in [1.29, 1.82) is 0 Å². The summed E-state index contributed by atoms with van der Waals surface area (Å²) in [5.74, 6) is 1.08. The number of fused-ring (bicyclic) bond motifs is 2. The van der Waals surface area contributed by atoms with Gasteiger partial charge in [0.15, 0.2) is 17.0 Å². The lowest BCUT2D eigenvalue weighted by Crippen LogP contribution is -2.17. The Bertz CT molecular complexity index is 983. The summed E-state index contributed by atoms with van der Waals surface area (Å²) in [6, 6.07) is 9.47. The van der Waals surface area contributed by atoms with Crippen molar-refractivity contribution in [1.82, 2.24) is 10.3 Å². The fraction of sp³-hybridized carbons (Fsp3) is 0.143. The lowest BCUT2D eigenvalue weighted by molar-refractivity contribution is 0.171. The van der Waals surface area contributed by atoms with Crippen LogP contribution in [0.15, 0.2) is 45.9 Å². The topological polar surface area (TPSA) is 104 Å². The van der Waals surface area contributed by atoms with Crippen molar-refractivity contribution < 1.29 is 22.5 Å². The number of hydrogen-bond donors (Lipinski definition) is 1. The molecular weight excluding hydrogens is 322 g/mol. The van der Waals surface area contributed by atoms with Crippen molar-refractivity contribution in [2.45, 2.75) is 4.90 Å². The molecule has 118 valence electrons. The minimum atomic E-state index is -3.85. The van der Waals surface area contributed by atoms with Crippen LogP contribution in [0.3, 0.4) is 0 Å². The second-order valence-electron chi connectivity index (χ2n) is 4.85. The molecule has 1 N–H and O–H groups in total. The SMILES string of the molecule is O=S(=O)(Nc1ccc2c(c1)OCCO2)c1cccc2nonc12. The highest BCUT2D eigenvalue weighted by Crippen LogP contribution is 2.33. The first-order valence-electron chi connectivity index (χ1n) is 6.77. The van der Waals surface area contributed by atoms with Gasteiger partial charge >= 0.3 is 0 Å². The standard InChI is InChI=1S/C14H11N3O5S/c18-23(19,13-3-1-2-10-14(13)16-22-15-10)17-9-4-5-11-12(8-9)21-7-6-20-11/h1-5,8,17H,6-7H2. The average molecular weight is 333 g/mol. The summed E-state index contributed by atoms with van der Waals surface area (Å²) in [5.41, 5.74) is 0.912. The van der Waals surface area contributed by atoms with Gasteiger partial charge in [-0.3, -0.25) is 4.72 Å². The Labute approximate surface area is 131 Å². The van der Waals surface area contributed by atoms with Crippen molar-refractivity contribution >= 4 is 26.7 Å². The Balaban J connectivity index is 1.71. The van der Waals surface area contributed by atoms with Crippen LogP contribution in [0.4, 0.5) is 5.69 Å².